The van der Waals surface area contributed by atoms with Crippen LogP contribution in [0.3, 0.4) is 0 Å². The molecule has 2 atom stereocenters. The van der Waals surface area contributed by atoms with Gasteiger partial charge in [0.2, 0.25) is 0 Å². The van der Waals surface area contributed by atoms with Gasteiger partial charge in [0, 0.05) is 44.0 Å². The Bertz CT molecular complexity index is 907. The third-order valence-corrected chi connectivity index (χ3v) is 7.34. The molecule has 1 aromatic carbocycles. The molecule has 7 heteroatoms. The van der Waals surface area contributed by atoms with Gasteiger partial charge in [-0.05, 0) is 12.5 Å². The number of fused-ring (bicyclic) bond motifs is 1. The number of piperazine rings is 1. The van der Waals surface area contributed by atoms with Gasteiger partial charge >= 0.3 is 0 Å². The van der Waals surface area contributed by atoms with Gasteiger partial charge in [0.15, 0.2) is 9.84 Å². The molecule has 3 heterocycles. The van der Waals surface area contributed by atoms with E-state index in [0.29, 0.717) is 6.54 Å². The Hall–Kier alpha value is -1.96. The van der Waals surface area contributed by atoms with Crippen LogP contribution in [-0.2, 0) is 16.4 Å². The van der Waals surface area contributed by atoms with Crippen LogP contribution in [0, 0.1) is 6.92 Å². The number of H-pyrrole nitrogens is 1. The highest BCUT2D eigenvalue weighted by Gasteiger charge is 2.46. The molecule has 2 fully saturated rings. The maximum Gasteiger partial charge on any atom is 0.153 e. The van der Waals surface area contributed by atoms with Gasteiger partial charge in [-0.1, -0.05) is 42.5 Å². The van der Waals surface area contributed by atoms with E-state index in [1.54, 1.807) is 6.33 Å². The van der Waals surface area contributed by atoms with E-state index >= 15 is 0 Å². The zero-order valence-electron chi connectivity index (χ0n) is 15.6. The zero-order chi connectivity index (χ0) is 18.9. The van der Waals surface area contributed by atoms with Gasteiger partial charge < -0.3 is 4.98 Å². The predicted molar refractivity (Wildman–Crippen MR) is 107 cm³/mol. The largest absolute Gasteiger partial charge is 0.348 e. The first-order valence-corrected chi connectivity index (χ1v) is 11.2. The second-order valence-corrected chi connectivity index (χ2v) is 9.62. The fourth-order valence-corrected chi connectivity index (χ4v) is 6.19. The highest BCUT2D eigenvalue weighted by molar-refractivity contribution is 7.91. The summed E-state index contributed by atoms with van der Waals surface area (Å²) in [5.41, 5.74) is 3.23. The van der Waals surface area contributed by atoms with Crippen molar-refractivity contribution in [2.45, 2.75) is 25.6 Å². The van der Waals surface area contributed by atoms with Crippen molar-refractivity contribution in [2.75, 3.05) is 31.1 Å². The minimum atomic E-state index is -3.00. The first-order chi connectivity index (χ1) is 13.0. The van der Waals surface area contributed by atoms with Crippen LogP contribution in [0.1, 0.15) is 17.0 Å². The number of aromatic amines is 1. The predicted octanol–water partition coefficient (Wildman–Crippen LogP) is 1.71. The van der Waals surface area contributed by atoms with Gasteiger partial charge in [0.05, 0.1) is 23.5 Å². The lowest BCUT2D eigenvalue weighted by molar-refractivity contribution is 0.0471. The molecule has 0 aliphatic carbocycles. The molecule has 0 spiro atoms. The van der Waals surface area contributed by atoms with E-state index in [-0.39, 0.29) is 23.6 Å². The number of hydrogen-bond acceptors (Lipinski definition) is 5. The summed E-state index contributed by atoms with van der Waals surface area (Å²) in [6, 6.07) is 10.3. The molecular formula is C20H26N4O2S. The van der Waals surface area contributed by atoms with Crippen LogP contribution in [0.15, 0.2) is 42.7 Å². The maximum atomic E-state index is 12.4. The van der Waals surface area contributed by atoms with Crippen molar-refractivity contribution < 1.29 is 8.42 Å². The van der Waals surface area contributed by atoms with Crippen molar-refractivity contribution in [2.24, 2.45) is 0 Å². The first kappa shape index (κ1) is 18.4. The third-order valence-electron chi connectivity index (χ3n) is 5.64. The van der Waals surface area contributed by atoms with Crippen molar-refractivity contribution in [1.29, 1.82) is 0 Å². The normalized spacial score (nSPS) is 25.8. The van der Waals surface area contributed by atoms with Gasteiger partial charge in [0.1, 0.15) is 0 Å². The number of nitrogens with zero attached hydrogens (tertiary/aromatic N) is 3. The van der Waals surface area contributed by atoms with E-state index in [9.17, 15) is 8.42 Å². The number of aryl methyl sites for hydroxylation is 1. The number of hydrogen-bond donors (Lipinski definition) is 1. The molecule has 2 aromatic rings. The Balaban J connectivity index is 1.47. The number of imidazole rings is 1. The monoisotopic (exact) mass is 386 g/mol. The highest BCUT2D eigenvalue weighted by Crippen LogP contribution is 2.28. The average molecular weight is 387 g/mol. The van der Waals surface area contributed by atoms with Gasteiger partial charge in [-0.25, -0.2) is 13.4 Å². The Labute approximate surface area is 160 Å². The first-order valence-electron chi connectivity index (χ1n) is 9.41. The molecule has 27 heavy (non-hydrogen) atoms. The summed E-state index contributed by atoms with van der Waals surface area (Å²) in [5, 5.41) is 0. The van der Waals surface area contributed by atoms with Crippen molar-refractivity contribution in [3.63, 3.8) is 0 Å². The maximum absolute atomic E-state index is 12.4. The fourth-order valence-electron chi connectivity index (χ4n) is 4.15. The van der Waals surface area contributed by atoms with E-state index in [4.69, 9.17) is 0 Å². The molecule has 2 unspecified atom stereocenters. The van der Waals surface area contributed by atoms with Crippen molar-refractivity contribution in [3.05, 3.63) is 59.7 Å². The summed E-state index contributed by atoms with van der Waals surface area (Å²) in [7, 11) is -3.00. The molecule has 0 amide bonds. The number of aromatic nitrogens is 2. The Morgan fingerprint density at radius 1 is 1.15 bits per heavy atom. The summed E-state index contributed by atoms with van der Waals surface area (Å²) in [5.74, 6) is 0.507. The second kappa shape index (κ2) is 7.58. The van der Waals surface area contributed by atoms with Crippen LogP contribution in [0.4, 0.5) is 0 Å². The van der Waals surface area contributed by atoms with E-state index in [0.717, 1.165) is 31.0 Å². The molecule has 6 nitrogen and oxygen atoms in total. The van der Waals surface area contributed by atoms with Crippen molar-refractivity contribution in [1.82, 2.24) is 19.8 Å². The van der Waals surface area contributed by atoms with Gasteiger partial charge in [-0.2, -0.15) is 0 Å². The molecule has 0 radical (unpaired) electrons. The molecule has 0 bridgehead atoms. The van der Waals surface area contributed by atoms with Crippen LogP contribution in [-0.4, -0.2) is 71.4 Å². The van der Waals surface area contributed by atoms with Crippen LogP contribution in [0.5, 0.6) is 0 Å². The zero-order valence-corrected chi connectivity index (χ0v) is 16.4. The van der Waals surface area contributed by atoms with E-state index < -0.39 is 9.84 Å². The summed E-state index contributed by atoms with van der Waals surface area (Å²) in [4.78, 5) is 12.1. The summed E-state index contributed by atoms with van der Waals surface area (Å²) >= 11 is 0. The van der Waals surface area contributed by atoms with Crippen LogP contribution in [0.25, 0.3) is 6.08 Å². The van der Waals surface area contributed by atoms with Crippen LogP contribution >= 0.6 is 0 Å². The molecule has 4 rings (SSSR count). The van der Waals surface area contributed by atoms with Crippen LogP contribution in [0.2, 0.25) is 0 Å². The summed E-state index contributed by atoms with van der Waals surface area (Å²) in [6.45, 7) is 5.23. The minimum absolute atomic E-state index is 0.0463. The summed E-state index contributed by atoms with van der Waals surface area (Å²) < 4.78 is 24.7. The SMILES string of the molecule is Cc1[nH]cnc1CN1CCN(CC=Cc2ccccc2)C2CS(=O)(=O)CC21. The Morgan fingerprint density at radius 3 is 2.56 bits per heavy atom. The molecule has 144 valence electrons. The molecule has 2 saturated heterocycles. The number of sulfone groups is 1. The second-order valence-electron chi connectivity index (χ2n) is 7.46. The lowest BCUT2D eigenvalue weighted by atomic mass is 10.0. The minimum Gasteiger partial charge on any atom is -0.348 e. The molecule has 0 saturated carbocycles. The number of benzene rings is 1. The number of rotatable bonds is 5. The average Bonchev–Trinajstić information content (AvgIpc) is 3.20. The topological polar surface area (TPSA) is 69.3 Å². The summed E-state index contributed by atoms with van der Waals surface area (Å²) in [6.07, 6.45) is 5.96. The van der Waals surface area contributed by atoms with Gasteiger partial charge in [0.25, 0.3) is 0 Å². The molecule has 1 N–H and O–H groups in total. The number of nitrogens with one attached hydrogen (secondary N) is 1. The third kappa shape index (κ3) is 4.15. The fraction of sp³-hybridized carbons (Fsp3) is 0.450. The van der Waals surface area contributed by atoms with Gasteiger partial charge in [-0.15, -0.1) is 0 Å². The lowest BCUT2D eigenvalue weighted by Crippen LogP contribution is -2.58. The van der Waals surface area contributed by atoms with Crippen molar-refractivity contribution >= 4 is 15.9 Å². The quantitative estimate of drug-likeness (QED) is 0.847. The lowest BCUT2D eigenvalue weighted by Gasteiger charge is -2.43. The van der Waals surface area contributed by atoms with E-state index in [1.165, 1.54) is 5.56 Å². The van der Waals surface area contributed by atoms with Crippen LogP contribution < -0.4 is 0 Å². The van der Waals surface area contributed by atoms with E-state index in [2.05, 4.69) is 44.1 Å². The highest BCUT2D eigenvalue weighted by atomic mass is 32.2. The smallest absolute Gasteiger partial charge is 0.153 e. The van der Waals surface area contributed by atoms with E-state index in [1.807, 2.05) is 25.1 Å². The Morgan fingerprint density at radius 2 is 1.85 bits per heavy atom. The standard InChI is InChI=1S/C20H26N4O2S/c1-16-18(22-15-21-16)12-24-11-10-23(19-13-27(25,26)14-20(19)24)9-5-8-17-6-3-2-4-7-17/h2-8,15,19-20H,9-14H2,1H3,(H,21,22). The molecule has 1 aromatic heterocycles. The molecule has 2 aliphatic rings. The molecular weight excluding hydrogens is 360 g/mol. The van der Waals surface area contributed by atoms with Gasteiger partial charge in [-0.3, -0.25) is 9.80 Å². The Kier molecular flexibility index (Phi) is 5.16. The van der Waals surface area contributed by atoms with Crippen molar-refractivity contribution in [3.8, 4) is 0 Å². The molecule has 2 aliphatic heterocycles.